The molecule has 1 saturated heterocycles. The molecule has 12 nitrogen and oxygen atoms in total. The van der Waals surface area contributed by atoms with Gasteiger partial charge < -0.3 is 30.1 Å². The van der Waals surface area contributed by atoms with Crippen LogP contribution in [-0.2, 0) is 0 Å². The third-order valence-corrected chi connectivity index (χ3v) is 7.40. The Bertz CT molecular complexity index is 1610. The molecule has 5 N–H and O–H groups in total. The highest BCUT2D eigenvalue weighted by Crippen LogP contribution is 2.36. The third-order valence-electron chi connectivity index (χ3n) is 6.43. The van der Waals surface area contributed by atoms with Crippen molar-refractivity contribution in [3.63, 3.8) is 0 Å². The van der Waals surface area contributed by atoms with Gasteiger partial charge in [0.2, 0.25) is 5.82 Å². The molecule has 214 valence electrons. The largest absolute Gasteiger partial charge is 0.497 e. The van der Waals surface area contributed by atoms with Crippen LogP contribution in [0.5, 0.6) is 5.75 Å². The maximum absolute atomic E-state index is 14.7. The molecule has 5 rings (SSSR count). The van der Waals surface area contributed by atoms with Gasteiger partial charge in [-0.1, -0.05) is 22.6 Å². The number of aromatic nitrogens is 3. The average Bonchev–Trinajstić information content (AvgIpc) is 3.54. The van der Waals surface area contributed by atoms with E-state index in [0.717, 1.165) is 35.0 Å². The van der Waals surface area contributed by atoms with Gasteiger partial charge in [0, 0.05) is 18.2 Å². The van der Waals surface area contributed by atoms with Gasteiger partial charge in [-0.05, 0) is 24.3 Å². The minimum absolute atomic E-state index is 0.0179. The van der Waals surface area contributed by atoms with E-state index in [9.17, 15) is 18.4 Å². The number of hydrogen-bond donors (Lipinski definition) is 4. The van der Waals surface area contributed by atoms with Crippen molar-refractivity contribution in [1.29, 1.82) is 0 Å². The van der Waals surface area contributed by atoms with E-state index in [1.807, 2.05) is 0 Å². The van der Waals surface area contributed by atoms with Crippen LogP contribution in [0.25, 0.3) is 22.2 Å². The van der Waals surface area contributed by atoms with Crippen molar-refractivity contribution in [2.45, 2.75) is 0 Å². The highest BCUT2D eigenvalue weighted by Gasteiger charge is 2.36. The number of carbonyl (C=O) groups is 2. The molecule has 0 radical (unpaired) electrons. The number of nitrogens with two attached hydrogens (primary N) is 1. The number of thiazole rings is 1. The zero-order valence-corrected chi connectivity index (χ0v) is 23.1. The lowest BCUT2D eigenvalue weighted by molar-refractivity contribution is -0.938. The number of hydrogen-bond acceptors (Lipinski definition) is 9. The fourth-order valence-corrected chi connectivity index (χ4v) is 5.39. The van der Waals surface area contributed by atoms with Crippen molar-refractivity contribution in [2.24, 2.45) is 5.92 Å². The van der Waals surface area contributed by atoms with E-state index in [4.69, 9.17) is 15.0 Å². The van der Waals surface area contributed by atoms with Crippen LogP contribution in [0.15, 0.2) is 40.9 Å². The normalized spacial score (nSPS) is 14.3. The number of methoxy groups -OCH3 is 1. The first kappa shape index (κ1) is 27.9. The Labute approximate surface area is 237 Å². The molecule has 0 bridgehead atoms. The Morgan fingerprint density at radius 1 is 1.15 bits per heavy atom. The maximum Gasteiger partial charge on any atom is 0.321 e. The van der Waals surface area contributed by atoms with Crippen LogP contribution < -0.4 is 26.4 Å². The molecule has 15 heteroatoms. The summed E-state index contributed by atoms with van der Waals surface area (Å²) in [6.07, 6.45) is 0. The molecule has 0 saturated carbocycles. The molecule has 4 aromatic rings. The van der Waals surface area contributed by atoms with Crippen molar-refractivity contribution < 1.29 is 32.1 Å². The lowest BCUT2D eigenvalue weighted by Crippen LogP contribution is -2.60. The maximum atomic E-state index is 14.7. The number of nitrogen functional groups attached to an aromatic ring is 1. The predicted molar refractivity (Wildman–Crippen MR) is 148 cm³/mol. The van der Waals surface area contributed by atoms with Crippen LogP contribution >= 0.6 is 11.3 Å². The first-order valence-corrected chi connectivity index (χ1v) is 13.2. The van der Waals surface area contributed by atoms with E-state index in [0.29, 0.717) is 24.3 Å². The van der Waals surface area contributed by atoms with Gasteiger partial charge in [0.1, 0.15) is 28.1 Å². The number of ether oxygens (including phenoxy) is 1. The van der Waals surface area contributed by atoms with Gasteiger partial charge in [0.15, 0.2) is 5.13 Å². The monoisotopic (exact) mass is 585 g/mol. The van der Waals surface area contributed by atoms with Gasteiger partial charge >= 0.3 is 6.03 Å². The molecular formula is C26H27F2N8O4S+. The summed E-state index contributed by atoms with van der Waals surface area (Å²) >= 11 is 0.994. The quantitative estimate of drug-likeness (QED) is 0.227. The molecule has 2 aromatic carbocycles. The van der Waals surface area contributed by atoms with Crippen LogP contribution in [-0.4, -0.2) is 72.4 Å². The minimum atomic E-state index is -0.994. The number of amides is 3. The van der Waals surface area contributed by atoms with Crippen LogP contribution in [0.1, 0.15) is 10.4 Å². The number of rotatable bonds is 8. The second-order valence-corrected chi connectivity index (χ2v) is 11.2. The Morgan fingerprint density at radius 2 is 1.93 bits per heavy atom. The Morgan fingerprint density at radius 3 is 2.66 bits per heavy atom. The molecule has 1 fully saturated rings. The minimum Gasteiger partial charge on any atom is -0.497 e. The number of nitrogens with zero attached hydrogens (tertiary/aromatic N) is 4. The zero-order valence-electron chi connectivity index (χ0n) is 22.3. The van der Waals surface area contributed by atoms with Crippen molar-refractivity contribution in [3.8, 4) is 27.9 Å². The van der Waals surface area contributed by atoms with Gasteiger partial charge in [-0.25, -0.2) is 18.6 Å². The second-order valence-electron chi connectivity index (χ2n) is 10.2. The standard InChI is InChI=1S/C26H26F2N8O4S/c1-36(2)11-13(12-36)10-30-25(38)34-26-32-21(29)20(41-26)24-33-22(35-40-24)16-8-19(18(28)9-17(16)27)31-23(37)14-5-4-6-15(7-14)39-3/h4-9,13H,10-12H2,1-3H3,(H4-,29,30,31,32,33,34,35,37,38)/p+1. The number of anilines is 3. The SMILES string of the molecule is COc1cccc(C(=O)Nc2cc(-c3noc(-c4sc(NC(=O)NCC5C[N+](C)(C)C5)nc4N)n3)c(F)cc2F)c1. The lowest BCUT2D eigenvalue weighted by atomic mass is 9.98. The van der Waals surface area contributed by atoms with Crippen molar-refractivity contribution in [1.82, 2.24) is 20.4 Å². The molecule has 41 heavy (non-hydrogen) atoms. The molecule has 3 amide bonds. The van der Waals surface area contributed by atoms with Gasteiger partial charge in [-0.2, -0.15) is 4.98 Å². The van der Waals surface area contributed by atoms with Crippen molar-refractivity contribution in [2.75, 3.05) is 57.2 Å². The summed E-state index contributed by atoms with van der Waals surface area (Å²) in [5.74, 6) is -2.02. The smallest absolute Gasteiger partial charge is 0.321 e. The number of halogens is 2. The summed E-state index contributed by atoms with van der Waals surface area (Å²) in [7, 11) is 5.71. The van der Waals surface area contributed by atoms with Gasteiger partial charge in [-0.15, -0.1) is 0 Å². The van der Waals surface area contributed by atoms with Gasteiger partial charge in [-0.3, -0.25) is 10.1 Å². The first-order valence-electron chi connectivity index (χ1n) is 12.4. The van der Waals surface area contributed by atoms with E-state index in [1.54, 1.807) is 12.1 Å². The third kappa shape index (κ3) is 6.25. The summed E-state index contributed by atoms with van der Waals surface area (Å²) in [6.45, 7) is 2.51. The summed E-state index contributed by atoms with van der Waals surface area (Å²) in [6, 6.07) is 7.50. The van der Waals surface area contributed by atoms with E-state index in [1.165, 1.54) is 19.2 Å². The van der Waals surface area contributed by atoms with E-state index in [2.05, 4.69) is 45.2 Å². The van der Waals surface area contributed by atoms with Gasteiger partial charge in [0.05, 0.1) is 51.5 Å². The van der Waals surface area contributed by atoms with Crippen molar-refractivity contribution in [3.05, 3.63) is 53.6 Å². The predicted octanol–water partition coefficient (Wildman–Crippen LogP) is 3.81. The highest BCUT2D eigenvalue weighted by atomic mass is 32.1. The van der Waals surface area contributed by atoms with Crippen LogP contribution in [0.4, 0.5) is 30.2 Å². The van der Waals surface area contributed by atoms with Crippen LogP contribution in [0.3, 0.4) is 0 Å². The molecule has 2 aromatic heterocycles. The molecular weight excluding hydrogens is 558 g/mol. The van der Waals surface area contributed by atoms with E-state index < -0.39 is 23.6 Å². The lowest BCUT2D eigenvalue weighted by Gasteiger charge is -2.44. The van der Waals surface area contributed by atoms with Crippen LogP contribution in [0.2, 0.25) is 0 Å². The number of urea groups is 1. The zero-order chi connectivity index (χ0) is 29.3. The molecule has 3 heterocycles. The number of nitrogens with one attached hydrogen (secondary N) is 3. The average molecular weight is 586 g/mol. The number of carbonyl (C=O) groups excluding carboxylic acids is 2. The van der Waals surface area contributed by atoms with E-state index >= 15 is 0 Å². The van der Waals surface area contributed by atoms with E-state index in [-0.39, 0.29) is 44.4 Å². The molecule has 0 unspecified atom stereocenters. The molecule has 1 aliphatic rings. The topological polar surface area (TPSA) is 157 Å². The van der Waals surface area contributed by atoms with Gasteiger partial charge in [0.25, 0.3) is 11.8 Å². The summed E-state index contributed by atoms with van der Waals surface area (Å²) in [5, 5.41) is 11.9. The van der Waals surface area contributed by atoms with Crippen LogP contribution in [0, 0.1) is 17.6 Å². The number of likely N-dealkylation sites (tertiary alicyclic amines) is 1. The Balaban J connectivity index is 1.29. The molecule has 0 aliphatic carbocycles. The second kappa shape index (κ2) is 11.1. The first-order chi connectivity index (χ1) is 19.5. The number of benzene rings is 2. The molecule has 1 aliphatic heterocycles. The molecule has 0 spiro atoms. The van der Waals surface area contributed by atoms with Crippen molar-refractivity contribution >= 4 is 39.9 Å². The molecule has 0 atom stereocenters. The summed E-state index contributed by atoms with van der Waals surface area (Å²) in [5.41, 5.74) is 5.70. The fraction of sp³-hybridized carbons (Fsp3) is 0.269. The number of quaternary nitrogens is 1. The summed E-state index contributed by atoms with van der Waals surface area (Å²) < 4.78 is 40.6. The fourth-order valence-electron chi connectivity index (χ4n) is 4.59. The Kier molecular flexibility index (Phi) is 7.55. The highest BCUT2D eigenvalue weighted by molar-refractivity contribution is 7.19. The summed E-state index contributed by atoms with van der Waals surface area (Å²) in [4.78, 5) is 33.5. The Hall–Kier alpha value is -4.63.